The van der Waals surface area contributed by atoms with E-state index in [1.165, 1.54) is 45.6 Å². The van der Waals surface area contributed by atoms with E-state index in [-0.39, 0.29) is 11.5 Å². The molecule has 1 aromatic rings. The molecule has 4 saturated carbocycles. The Morgan fingerprint density at radius 2 is 1.62 bits per heavy atom. The summed E-state index contributed by atoms with van der Waals surface area (Å²) in [7, 11) is -1.89. The van der Waals surface area contributed by atoms with Crippen LogP contribution in [0.15, 0.2) is 30.3 Å². The highest BCUT2D eigenvalue weighted by Gasteiger charge is 2.54. The molecule has 4 bridgehead atoms. The second kappa shape index (κ2) is 6.16. The lowest BCUT2D eigenvalue weighted by Crippen LogP contribution is -2.54. The van der Waals surface area contributed by atoms with Gasteiger partial charge in [0, 0.05) is 13.2 Å². The normalized spacial score (nSPS) is 37.8. The van der Waals surface area contributed by atoms with Gasteiger partial charge in [0.25, 0.3) is 0 Å². The minimum Gasteiger partial charge on any atom is -0.413 e. The number of rotatable bonds is 6. The maximum atomic E-state index is 13.1. The van der Waals surface area contributed by atoms with Gasteiger partial charge < -0.3 is 4.52 Å². The van der Waals surface area contributed by atoms with Gasteiger partial charge in [-0.2, -0.15) is 0 Å². The average Bonchev–Trinajstić information content (AvgIpc) is 2.54. The average molecular weight is 349 g/mol. The lowest BCUT2D eigenvalue weighted by atomic mass is 9.48. The van der Waals surface area contributed by atoms with E-state index in [0.717, 1.165) is 17.8 Å². The lowest BCUT2D eigenvalue weighted by Gasteiger charge is -2.59. The Hall–Kier alpha value is -0.830. The van der Waals surface area contributed by atoms with Gasteiger partial charge >= 0.3 is 7.75 Å². The molecule has 4 fully saturated rings. The molecule has 4 aliphatic carbocycles. The number of hydrogen-bond donors (Lipinski definition) is 1. The Bertz CT molecular complexity index is 597. The van der Waals surface area contributed by atoms with E-state index in [0.29, 0.717) is 5.75 Å². The van der Waals surface area contributed by atoms with E-state index in [1.807, 2.05) is 30.3 Å². The highest BCUT2D eigenvalue weighted by molar-refractivity contribution is 7.52. The molecule has 1 N–H and O–H groups in total. The van der Waals surface area contributed by atoms with Gasteiger partial charge in [-0.25, -0.2) is 9.65 Å². The van der Waals surface area contributed by atoms with Crippen LogP contribution in [0.4, 0.5) is 0 Å². The van der Waals surface area contributed by atoms with Crippen LogP contribution in [-0.4, -0.2) is 13.2 Å². The first-order chi connectivity index (χ1) is 11.5. The molecule has 132 valence electrons. The van der Waals surface area contributed by atoms with E-state index in [2.05, 4.69) is 12.0 Å². The molecule has 0 spiro atoms. The molecule has 2 atom stereocenters. The van der Waals surface area contributed by atoms with Crippen molar-refractivity contribution >= 4 is 7.75 Å². The van der Waals surface area contributed by atoms with Crippen LogP contribution < -0.4 is 9.61 Å². The van der Waals surface area contributed by atoms with Crippen LogP contribution in [0, 0.1) is 23.2 Å². The number of nitrogens with one attached hydrogen (secondary N) is 1. The molecule has 0 amide bonds. The molecule has 2 unspecified atom stereocenters. The Labute approximate surface area is 144 Å². The van der Waals surface area contributed by atoms with E-state index < -0.39 is 7.75 Å². The topological polar surface area (TPSA) is 47.6 Å². The summed E-state index contributed by atoms with van der Waals surface area (Å²) in [5, 5.41) is 3.26. The Balaban J connectivity index is 1.50. The first-order valence-electron chi connectivity index (χ1n) is 9.18. The van der Waals surface area contributed by atoms with Crippen LogP contribution in [0.3, 0.4) is 0 Å². The van der Waals surface area contributed by atoms with Crippen molar-refractivity contribution in [1.29, 1.82) is 0 Å². The van der Waals surface area contributed by atoms with Gasteiger partial charge in [0.2, 0.25) is 0 Å². The molecule has 24 heavy (non-hydrogen) atoms. The predicted octanol–water partition coefficient (Wildman–Crippen LogP) is 5.01. The Morgan fingerprint density at radius 1 is 1.08 bits per heavy atom. The SMILES string of the molecule is COP(=O)(NC(C)C12CC3CC(CC(C3)C1)C2)Oc1ccccc1. The molecule has 0 radical (unpaired) electrons. The van der Waals surface area contributed by atoms with Gasteiger partial charge in [0.15, 0.2) is 0 Å². The summed E-state index contributed by atoms with van der Waals surface area (Å²) in [6.45, 7) is 2.17. The fourth-order valence-corrected chi connectivity index (χ4v) is 7.20. The highest BCUT2D eigenvalue weighted by atomic mass is 31.2. The molecular formula is C19H28NO3P. The summed E-state index contributed by atoms with van der Waals surface area (Å²) in [5.74, 6) is 3.19. The first kappa shape index (κ1) is 16.6. The van der Waals surface area contributed by atoms with Crippen molar-refractivity contribution in [3.05, 3.63) is 30.3 Å². The van der Waals surface area contributed by atoms with Crippen molar-refractivity contribution in [3.63, 3.8) is 0 Å². The van der Waals surface area contributed by atoms with Crippen molar-refractivity contribution in [2.75, 3.05) is 7.11 Å². The summed E-state index contributed by atoms with van der Waals surface area (Å²) < 4.78 is 24.1. The van der Waals surface area contributed by atoms with Gasteiger partial charge in [0.1, 0.15) is 5.75 Å². The van der Waals surface area contributed by atoms with Gasteiger partial charge in [-0.05, 0) is 80.8 Å². The molecular weight excluding hydrogens is 321 g/mol. The van der Waals surface area contributed by atoms with Crippen LogP contribution in [0.1, 0.15) is 45.4 Å². The van der Waals surface area contributed by atoms with Crippen LogP contribution in [0.2, 0.25) is 0 Å². The minimum absolute atomic E-state index is 0.139. The zero-order valence-corrected chi connectivity index (χ0v) is 15.5. The van der Waals surface area contributed by atoms with Crippen molar-refractivity contribution in [1.82, 2.24) is 5.09 Å². The third-order valence-electron chi connectivity index (χ3n) is 6.57. The van der Waals surface area contributed by atoms with Crippen molar-refractivity contribution < 1.29 is 13.6 Å². The van der Waals surface area contributed by atoms with E-state index in [1.54, 1.807) is 0 Å². The van der Waals surface area contributed by atoms with Crippen LogP contribution in [0.25, 0.3) is 0 Å². The van der Waals surface area contributed by atoms with E-state index in [4.69, 9.17) is 9.05 Å². The van der Waals surface area contributed by atoms with Gasteiger partial charge in [-0.3, -0.25) is 4.52 Å². The van der Waals surface area contributed by atoms with Crippen LogP contribution >= 0.6 is 7.75 Å². The predicted molar refractivity (Wildman–Crippen MR) is 94.9 cm³/mol. The number of para-hydroxylation sites is 1. The third-order valence-corrected chi connectivity index (χ3v) is 8.20. The molecule has 0 aromatic heterocycles. The van der Waals surface area contributed by atoms with Crippen molar-refractivity contribution in [2.45, 2.75) is 51.5 Å². The molecule has 1 aromatic carbocycles. The van der Waals surface area contributed by atoms with Crippen molar-refractivity contribution in [3.8, 4) is 5.75 Å². The molecule has 4 nitrogen and oxygen atoms in total. The highest BCUT2D eigenvalue weighted by Crippen LogP contribution is 2.62. The summed E-state index contributed by atoms with van der Waals surface area (Å²) in [6.07, 6.45) is 8.03. The summed E-state index contributed by atoms with van der Waals surface area (Å²) in [5.41, 5.74) is 0.267. The molecule has 0 heterocycles. The molecule has 4 aliphatic rings. The van der Waals surface area contributed by atoms with E-state index >= 15 is 0 Å². The lowest BCUT2D eigenvalue weighted by molar-refractivity contribution is -0.0676. The molecule has 5 rings (SSSR count). The molecule has 0 saturated heterocycles. The number of hydrogen-bond acceptors (Lipinski definition) is 3. The van der Waals surface area contributed by atoms with Crippen LogP contribution in [0.5, 0.6) is 5.75 Å². The Morgan fingerprint density at radius 3 is 2.12 bits per heavy atom. The number of benzene rings is 1. The standard InChI is InChI=1S/C19H28NO3P/c1-14(19-11-15-8-16(12-19)10-17(9-15)13-19)20-24(21,22-2)23-18-6-4-3-5-7-18/h3-7,14-17H,8-13H2,1-2H3,(H,20,21). The quantitative estimate of drug-likeness (QED) is 0.733. The second-order valence-electron chi connectivity index (χ2n) is 8.22. The summed E-state index contributed by atoms with van der Waals surface area (Å²) in [4.78, 5) is 0. The monoisotopic (exact) mass is 349 g/mol. The molecule has 5 heteroatoms. The first-order valence-corrected chi connectivity index (χ1v) is 10.7. The summed E-state index contributed by atoms with van der Waals surface area (Å²) >= 11 is 0. The largest absolute Gasteiger partial charge is 0.458 e. The van der Waals surface area contributed by atoms with E-state index in [9.17, 15) is 4.57 Å². The van der Waals surface area contributed by atoms with Gasteiger partial charge in [-0.1, -0.05) is 18.2 Å². The maximum Gasteiger partial charge on any atom is 0.458 e. The fourth-order valence-electron chi connectivity index (χ4n) is 5.82. The second-order valence-corrected chi connectivity index (χ2v) is 10.0. The fraction of sp³-hybridized carbons (Fsp3) is 0.684. The smallest absolute Gasteiger partial charge is 0.413 e. The van der Waals surface area contributed by atoms with Crippen molar-refractivity contribution in [2.24, 2.45) is 23.2 Å². The third kappa shape index (κ3) is 3.05. The zero-order chi connectivity index (χ0) is 16.8. The van der Waals surface area contributed by atoms with Gasteiger partial charge in [-0.15, -0.1) is 0 Å². The van der Waals surface area contributed by atoms with Crippen LogP contribution in [-0.2, 0) is 9.09 Å². The Kier molecular flexibility index (Phi) is 4.27. The van der Waals surface area contributed by atoms with Gasteiger partial charge in [0.05, 0.1) is 0 Å². The minimum atomic E-state index is -3.35. The molecule has 0 aliphatic heterocycles. The maximum absolute atomic E-state index is 13.1. The summed E-state index contributed by atoms with van der Waals surface area (Å²) in [6, 6.07) is 9.41. The zero-order valence-electron chi connectivity index (χ0n) is 14.6.